The summed E-state index contributed by atoms with van der Waals surface area (Å²) in [7, 11) is 0. The van der Waals surface area contributed by atoms with Gasteiger partial charge in [0.2, 0.25) is 0 Å². The van der Waals surface area contributed by atoms with E-state index in [9.17, 15) is 18.0 Å². The van der Waals surface area contributed by atoms with Crippen molar-refractivity contribution in [3.8, 4) is 5.75 Å². The predicted molar refractivity (Wildman–Crippen MR) is 107 cm³/mol. The van der Waals surface area contributed by atoms with Crippen LogP contribution in [-0.4, -0.2) is 36.8 Å². The number of carbonyl (C=O) groups is 1. The molecule has 1 heterocycles. The molecule has 30 heavy (non-hydrogen) atoms. The molecule has 7 heteroatoms. The number of halogens is 3. The molecule has 4 nitrogen and oxygen atoms in total. The molecule has 2 aromatic carbocycles. The van der Waals surface area contributed by atoms with Crippen LogP contribution in [0.2, 0.25) is 0 Å². The molecule has 1 aliphatic heterocycles. The molecule has 1 saturated heterocycles. The normalized spacial score (nSPS) is 23.2. The summed E-state index contributed by atoms with van der Waals surface area (Å²) < 4.78 is 40.9. The average Bonchev–Trinajstić information content (AvgIpc) is 3.11. The highest BCUT2D eigenvalue weighted by Gasteiger charge is 2.55. The van der Waals surface area contributed by atoms with Crippen molar-refractivity contribution in [2.75, 3.05) is 19.6 Å². The molecule has 2 aromatic rings. The number of carbonyl (C=O) groups excluding carboxylic acids is 1. The number of hydrogen-bond donors (Lipinski definition) is 1. The number of fused-ring (bicyclic) bond motifs is 1. The monoisotopic (exact) mass is 418 g/mol. The molecule has 2 fully saturated rings. The predicted octanol–water partition coefficient (Wildman–Crippen LogP) is 4.31. The molecule has 0 radical (unpaired) electrons. The fourth-order valence-electron chi connectivity index (χ4n) is 4.58. The Balaban J connectivity index is 1.24. The fourth-order valence-corrected chi connectivity index (χ4v) is 4.58. The molecular weight excluding hydrogens is 393 g/mol. The van der Waals surface area contributed by atoms with Gasteiger partial charge < -0.3 is 10.1 Å². The highest BCUT2D eigenvalue weighted by Crippen LogP contribution is 2.51. The van der Waals surface area contributed by atoms with Crippen LogP contribution in [0.15, 0.2) is 42.5 Å². The van der Waals surface area contributed by atoms with Gasteiger partial charge in [-0.15, -0.1) is 13.2 Å². The van der Waals surface area contributed by atoms with Crippen LogP contribution in [0.4, 0.5) is 13.2 Å². The summed E-state index contributed by atoms with van der Waals surface area (Å²) in [6.45, 7) is 7.79. The van der Waals surface area contributed by atoms with Crippen molar-refractivity contribution in [3.63, 3.8) is 0 Å². The van der Waals surface area contributed by atoms with Crippen LogP contribution in [0.25, 0.3) is 0 Å². The minimum absolute atomic E-state index is 0.166. The molecule has 1 N–H and O–H groups in total. The third kappa shape index (κ3) is 4.78. The minimum Gasteiger partial charge on any atom is -0.406 e. The highest BCUT2D eigenvalue weighted by atomic mass is 19.4. The molecule has 160 valence electrons. The van der Waals surface area contributed by atoms with Crippen LogP contribution in [-0.2, 0) is 6.54 Å². The van der Waals surface area contributed by atoms with Gasteiger partial charge in [-0.2, -0.15) is 0 Å². The van der Waals surface area contributed by atoms with Crippen LogP contribution < -0.4 is 10.1 Å². The van der Waals surface area contributed by atoms with Crippen molar-refractivity contribution in [2.45, 2.75) is 26.8 Å². The summed E-state index contributed by atoms with van der Waals surface area (Å²) in [6, 6.07) is 11.7. The number of ether oxygens (including phenoxy) is 1. The summed E-state index contributed by atoms with van der Waals surface area (Å²) in [4.78, 5) is 14.8. The standard InChI is InChI=1S/C23H25F3N2O2/c1-14-6-7-17(15(2)8-14)11-28-12-20-19(21(20)13-28)10-27-22(29)16-4-3-5-18(9-16)30-23(24,25)26/h3-9,19-21H,10-13H2,1-2H3,(H,27,29). The number of piperidine rings is 1. The van der Waals surface area contributed by atoms with Crippen molar-refractivity contribution >= 4 is 5.91 Å². The first-order chi connectivity index (χ1) is 14.2. The largest absolute Gasteiger partial charge is 0.573 e. The van der Waals surface area contributed by atoms with E-state index in [-0.39, 0.29) is 17.2 Å². The Kier molecular flexibility index (Phi) is 5.49. The van der Waals surface area contributed by atoms with E-state index in [2.05, 4.69) is 47.0 Å². The molecule has 1 aliphatic carbocycles. The second-order valence-corrected chi connectivity index (χ2v) is 8.40. The van der Waals surface area contributed by atoms with Crippen molar-refractivity contribution in [2.24, 2.45) is 17.8 Å². The minimum atomic E-state index is -4.77. The number of aryl methyl sites for hydroxylation is 2. The molecular formula is C23H25F3N2O2. The van der Waals surface area contributed by atoms with Crippen LogP contribution in [0.5, 0.6) is 5.75 Å². The average molecular weight is 418 g/mol. The van der Waals surface area contributed by atoms with E-state index in [1.54, 1.807) is 0 Å². The molecule has 4 rings (SSSR count). The first kappa shape index (κ1) is 20.7. The molecule has 1 amide bonds. The van der Waals surface area contributed by atoms with Gasteiger partial charge in [0.05, 0.1) is 0 Å². The Morgan fingerprint density at radius 2 is 1.87 bits per heavy atom. The Labute approximate surface area is 174 Å². The number of alkyl halides is 3. The number of hydrogen-bond acceptors (Lipinski definition) is 3. The first-order valence-electron chi connectivity index (χ1n) is 10.1. The van der Waals surface area contributed by atoms with Gasteiger partial charge in [0.25, 0.3) is 5.91 Å². The highest BCUT2D eigenvalue weighted by molar-refractivity contribution is 5.94. The van der Waals surface area contributed by atoms with E-state index >= 15 is 0 Å². The van der Waals surface area contributed by atoms with Crippen molar-refractivity contribution in [3.05, 3.63) is 64.7 Å². The summed E-state index contributed by atoms with van der Waals surface area (Å²) in [5.74, 6) is 0.839. The summed E-state index contributed by atoms with van der Waals surface area (Å²) in [5.41, 5.74) is 4.11. The van der Waals surface area contributed by atoms with Gasteiger partial charge in [-0.3, -0.25) is 9.69 Å². The number of rotatable bonds is 6. The van der Waals surface area contributed by atoms with Crippen molar-refractivity contribution < 1.29 is 22.7 Å². The van der Waals surface area contributed by atoms with E-state index in [4.69, 9.17) is 0 Å². The van der Waals surface area contributed by atoms with Gasteiger partial charge in [-0.1, -0.05) is 29.8 Å². The van der Waals surface area contributed by atoms with Gasteiger partial charge in [-0.05, 0) is 60.9 Å². The Hall–Kier alpha value is -2.54. The van der Waals surface area contributed by atoms with E-state index < -0.39 is 6.36 Å². The first-order valence-corrected chi connectivity index (χ1v) is 10.1. The number of nitrogens with zero attached hydrogens (tertiary/aromatic N) is 1. The van der Waals surface area contributed by atoms with E-state index in [0.29, 0.717) is 24.3 Å². The Morgan fingerprint density at radius 1 is 1.13 bits per heavy atom. The Morgan fingerprint density at radius 3 is 2.53 bits per heavy atom. The summed E-state index contributed by atoms with van der Waals surface area (Å²) in [5, 5.41) is 2.87. The molecule has 2 atom stereocenters. The lowest BCUT2D eigenvalue weighted by Gasteiger charge is -2.21. The number of amides is 1. The number of nitrogens with one attached hydrogen (secondary N) is 1. The quantitative estimate of drug-likeness (QED) is 0.760. The van der Waals surface area contributed by atoms with E-state index in [0.717, 1.165) is 25.7 Å². The lowest BCUT2D eigenvalue weighted by atomic mass is 10.1. The molecule has 2 unspecified atom stereocenters. The van der Waals surface area contributed by atoms with Crippen molar-refractivity contribution in [1.29, 1.82) is 0 Å². The van der Waals surface area contributed by atoms with Crippen molar-refractivity contribution in [1.82, 2.24) is 10.2 Å². The maximum Gasteiger partial charge on any atom is 0.573 e. The second kappa shape index (κ2) is 7.95. The lowest BCUT2D eigenvalue weighted by Crippen LogP contribution is -2.30. The SMILES string of the molecule is Cc1ccc(CN2CC3C(CNC(=O)c4cccc(OC(F)(F)F)c4)C3C2)c(C)c1. The van der Waals surface area contributed by atoms with Crippen LogP contribution in [0, 0.1) is 31.6 Å². The fraction of sp³-hybridized carbons (Fsp3) is 0.435. The number of likely N-dealkylation sites (tertiary alicyclic amines) is 1. The van der Waals surface area contributed by atoms with Crippen LogP contribution in [0.3, 0.4) is 0 Å². The van der Waals surface area contributed by atoms with Gasteiger partial charge in [0.15, 0.2) is 0 Å². The van der Waals surface area contributed by atoms with Crippen LogP contribution in [0.1, 0.15) is 27.0 Å². The lowest BCUT2D eigenvalue weighted by molar-refractivity contribution is -0.274. The van der Waals surface area contributed by atoms with Gasteiger partial charge >= 0.3 is 6.36 Å². The molecule has 1 saturated carbocycles. The maximum absolute atomic E-state index is 12.4. The van der Waals surface area contributed by atoms with Gasteiger partial charge in [0, 0.05) is 31.7 Å². The van der Waals surface area contributed by atoms with E-state index in [1.807, 2.05) is 0 Å². The third-order valence-corrected chi connectivity index (χ3v) is 6.17. The van der Waals surface area contributed by atoms with Gasteiger partial charge in [-0.25, -0.2) is 0 Å². The molecule has 0 aromatic heterocycles. The van der Waals surface area contributed by atoms with Crippen LogP contribution >= 0.6 is 0 Å². The number of benzene rings is 2. The summed E-state index contributed by atoms with van der Waals surface area (Å²) in [6.07, 6.45) is -4.77. The zero-order chi connectivity index (χ0) is 21.5. The molecule has 2 aliphatic rings. The smallest absolute Gasteiger partial charge is 0.406 e. The Bertz CT molecular complexity index is 932. The molecule has 0 spiro atoms. The van der Waals surface area contributed by atoms with Gasteiger partial charge in [0.1, 0.15) is 5.75 Å². The topological polar surface area (TPSA) is 41.6 Å². The third-order valence-electron chi connectivity index (χ3n) is 6.17. The summed E-state index contributed by atoms with van der Waals surface area (Å²) >= 11 is 0. The second-order valence-electron chi connectivity index (χ2n) is 8.40. The zero-order valence-corrected chi connectivity index (χ0v) is 17.0. The zero-order valence-electron chi connectivity index (χ0n) is 17.0. The molecule has 0 bridgehead atoms. The van der Waals surface area contributed by atoms with E-state index in [1.165, 1.54) is 34.9 Å². The maximum atomic E-state index is 12.4.